The highest BCUT2D eigenvalue weighted by Crippen LogP contribution is 2.19. The fourth-order valence-electron chi connectivity index (χ4n) is 2.87. The Morgan fingerprint density at radius 2 is 1.87 bits per heavy atom. The number of nitrogens with zero attached hydrogens (tertiary/aromatic N) is 1. The van der Waals surface area contributed by atoms with Gasteiger partial charge in [-0.1, -0.05) is 26.0 Å². The van der Waals surface area contributed by atoms with Crippen molar-refractivity contribution >= 4 is 5.91 Å². The van der Waals surface area contributed by atoms with Gasteiger partial charge in [0.15, 0.2) is 0 Å². The summed E-state index contributed by atoms with van der Waals surface area (Å²) in [5, 5.41) is 0. The van der Waals surface area contributed by atoms with E-state index in [1.54, 1.807) is 0 Å². The van der Waals surface area contributed by atoms with E-state index in [0.717, 1.165) is 38.3 Å². The molecular formula is C19H29NO3. The van der Waals surface area contributed by atoms with E-state index in [-0.39, 0.29) is 5.91 Å². The predicted molar refractivity (Wildman–Crippen MR) is 91.9 cm³/mol. The van der Waals surface area contributed by atoms with Crippen molar-refractivity contribution in [1.29, 1.82) is 0 Å². The van der Waals surface area contributed by atoms with E-state index in [2.05, 4.69) is 26.0 Å². The molecule has 0 bridgehead atoms. The zero-order valence-corrected chi connectivity index (χ0v) is 14.6. The lowest BCUT2D eigenvalue weighted by Crippen LogP contribution is -2.41. The molecule has 0 N–H and O–H groups in total. The molecule has 0 saturated carbocycles. The van der Waals surface area contributed by atoms with Gasteiger partial charge in [0.1, 0.15) is 5.75 Å². The van der Waals surface area contributed by atoms with E-state index in [9.17, 15) is 4.79 Å². The number of carbonyl (C=O) groups excluding carboxylic acids is 1. The second kappa shape index (κ2) is 8.92. The minimum Gasteiger partial charge on any atom is -0.493 e. The van der Waals surface area contributed by atoms with Crippen LogP contribution in [0, 0.1) is 0 Å². The first-order chi connectivity index (χ1) is 11.1. The van der Waals surface area contributed by atoms with Crippen molar-refractivity contribution in [2.24, 2.45) is 0 Å². The van der Waals surface area contributed by atoms with Crippen LogP contribution >= 0.6 is 0 Å². The van der Waals surface area contributed by atoms with Crippen LogP contribution in [-0.4, -0.2) is 43.2 Å². The van der Waals surface area contributed by atoms with Crippen molar-refractivity contribution in [2.45, 2.75) is 52.1 Å². The first-order valence-electron chi connectivity index (χ1n) is 8.72. The minimum absolute atomic E-state index is 0.179. The lowest BCUT2D eigenvalue weighted by atomic mass is 10.0. The molecule has 0 atom stereocenters. The molecule has 1 amide bonds. The third-order valence-electron chi connectivity index (χ3n) is 4.33. The molecule has 0 spiro atoms. The number of ether oxygens (including phenoxy) is 2. The molecule has 1 aromatic rings. The summed E-state index contributed by atoms with van der Waals surface area (Å²) in [7, 11) is 0. The number of carbonyl (C=O) groups is 1. The number of amides is 1. The first-order valence-corrected chi connectivity index (χ1v) is 8.72. The Labute approximate surface area is 139 Å². The molecule has 1 aromatic carbocycles. The third kappa shape index (κ3) is 5.54. The largest absolute Gasteiger partial charge is 0.493 e. The monoisotopic (exact) mass is 319 g/mol. The van der Waals surface area contributed by atoms with Crippen LogP contribution in [0.1, 0.15) is 51.5 Å². The normalized spacial score (nSPS) is 15.9. The lowest BCUT2D eigenvalue weighted by molar-refractivity contribution is -0.134. The second-order valence-corrected chi connectivity index (χ2v) is 6.36. The van der Waals surface area contributed by atoms with Crippen LogP contribution in [0.4, 0.5) is 0 Å². The summed E-state index contributed by atoms with van der Waals surface area (Å²) in [4.78, 5) is 14.1. The SMILES string of the molecule is CCOC1CCN(C(=O)CCOc2ccc(C(C)C)cc2)CC1. The third-order valence-corrected chi connectivity index (χ3v) is 4.33. The molecule has 4 heteroatoms. The van der Waals surface area contributed by atoms with Crippen LogP contribution in [0.3, 0.4) is 0 Å². The standard InChI is InChI=1S/C19H29NO3/c1-4-22-18-9-12-20(13-10-18)19(21)11-14-23-17-7-5-16(6-8-17)15(2)3/h5-8,15,18H,4,9-14H2,1-3H3. The molecular weight excluding hydrogens is 290 g/mol. The molecule has 128 valence electrons. The van der Waals surface area contributed by atoms with Crippen LogP contribution in [0.15, 0.2) is 24.3 Å². The van der Waals surface area contributed by atoms with Gasteiger partial charge in [0, 0.05) is 19.7 Å². The number of likely N-dealkylation sites (tertiary alicyclic amines) is 1. The number of hydrogen-bond donors (Lipinski definition) is 0. The van der Waals surface area contributed by atoms with Crippen LogP contribution in [0.2, 0.25) is 0 Å². The number of piperidine rings is 1. The van der Waals surface area contributed by atoms with Gasteiger partial charge < -0.3 is 14.4 Å². The zero-order chi connectivity index (χ0) is 16.7. The summed E-state index contributed by atoms with van der Waals surface area (Å²) in [6, 6.07) is 8.13. The van der Waals surface area contributed by atoms with E-state index >= 15 is 0 Å². The van der Waals surface area contributed by atoms with Gasteiger partial charge in [0.05, 0.1) is 19.1 Å². The zero-order valence-electron chi connectivity index (χ0n) is 14.6. The van der Waals surface area contributed by atoms with E-state index in [1.807, 2.05) is 24.0 Å². The van der Waals surface area contributed by atoms with Crippen LogP contribution in [0.5, 0.6) is 5.75 Å². The fraction of sp³-hybridized carbons (Fsp3) is 0.632. The Balaban J connectivity index is 1.69. The van der Waals surface area contributed by atoms with Crippen molar-refractivity contribution < 1.29 is 14.3 Å². The highest BCUT2D eigenvalue weighted by Gasteiger charge is 2.22. The summed E-state index contributed by atoms with van der Waals surface area (Å²) in [6.45, 7) is 9.14. The quantitative estimate of drug-likeness (QED) is 0.770. The Hall–Kier alpha value is -1.55. The average molecular weight is 319 g/mol. The van der Waals surface area contributed by atoms with Gasteiger partial charge in [-0.3, -0.25) is 4.79 Å². The lowest BCUT2D eigenvalue weighted by Gasteiger charge is -2.31. The van der Waals surface area contributed by atoms with Crippen molar-refractivity contribution in [2.75, 3.05) is 26.3 Å². The van der Waals surface area contributed by atoms with Gasteiger partial charge >= 0.3 is 0 Å². The number of hydrogen-bond acceptors (Lipinski definition) is 3. The molecule has 0 aromatic heterocycles. The molecule has 0 unspecified atom stereocenters. The molecule has 0 radical (unpaired) electrons. The molecule has 2 rings (SSSR count). The Bertz CT molecular complexity index is 476. The average Bonchev–Trinajstić information content (AvgIpc) is 2.56. The second-order valence-electron chi connectivity index (χ2n) is 6.36. The van der Waals surface area contributed by atoms with Crippen molar-refractivity contribution in [3.05, 3.63) is 29.8 Å². The number of rotatable bonds is 7. The topological polar surface area (TPSA) is 38.8 Å². The molecule has 1 aliphatic heterocycles. The van der Waals surface area contributed by atoms with E-state index in [4.69, 9.17) is 9.47 Å². The fourth-order valence-corrected chi connectivity index (χ4v) is 2.87. The van der Waals surface area contributed by atoms with Gasteiger partial charge in [-0.05, 0) is 43.4 Å². The van der Waals surface area contributed by atoms with Gasteiger partial charge in [-0.15, -0.1) is 0 Å². The molecule has 0 aliphatic carbocycles. The summed E-state index contributed by atoms with van der Waals surface area (Å²) in [5.74, 6) is 1.53. The molecule has 1 fully saturated rings. The smallest absolute Gasteiger partial charge is 0.226 e. The number of benzene rings is 1. The summed E-state index contributed by atoms with van der Waals surface area (Å²) in [5.41, 5.74) is 1.30. The van der Waals surface area contributed by atoms with E-state index in [0.29, 0.717) is 25.0 Å². The highest BCUT2D eigenvalue weighted by molar-refractivity contribution is 5.76. The van der Waals surface area contributed by atoms with Crippen molar-refractivity contribution in [3.63, 3.8) is 0 Å². The van der Waals surface area contributed by atoms with Gasteiger partial charge in [-0.25, -0.2) is 0 Å². The summed E-state index contributed by atoms with van der Waals surface area (Å²) < 4.78 is 11.3. The van der Waals surface area contributed by atoms with Gasteiger partial charge in [0.2, 0.25) is 5.91 Å². The minimum atomic E-state index is 0.179. The molecule has 4 nitrogen and oxygen atoms in total. The van der Waals surface area contributed by atoms with Crippen molar-refractivity contribution in [3.8, 4) is 5.75 Å². The first kappa shape index (κ1) is 17.8. The molecule has 23 heavy (non-hydrogen) atoms. The van der Waals surface area contributed by atoms with Crippen LogP contribution in [-0.2, 0) is 9.53 Å². The summed E-state index contributed by atoms with van der Waals surface area (Å²) >= 11 is 0. The Kier molecular flexibility index (Phi) is 6.90. The van der Waals surface area contributed by atoms with E-state index in [1.165, 1.54) is 5.56 Å². The molecule has 1 heterocycles. The van der Waals surface area contributed by atoms with Crippen LogP contribution in [0.25, 0.3) is 0 Å². The van der Waals surface area contributed by atoms with Crippen LogP contribution < -0.4 is 4.74 Å². The molecule has 1 saturated heterocycles. The maximum Gasteiger partial charge on any atom is 0.226 e. The van der Waals surface area contributed by atoms with Gasteiger partial charge in [-0.2, -0.15) is 0 Å². The van der Waals surface area contributed by atoms with Gasteiger partial charge in [0.25, 0.3) is 0 Å². The molecule has 1 aliphatic rings. The maximum atomic E-state index is 12.2. The highest BCUT2D eigenvalue weighted by atomic mass is 16.5. The Morgan fingerprint density at radius 3 is 2.43 bits per heavy atom. The predicted octanol–water partition coefficient (Wildman–Crippen LogP) is 3.61. The maximum absolute atomic E-state index is 12.2. The van der Waals surface area contributed by atoms with Crippen molar-refractivity contribution in [1.82, 2.24) is 4.90 Å². The Morgan fingerprint density at radius 1 is 1.22 bits per heavy atom. The summed E-state index contributed by atoms with van der Waals surface area (Å²) in [6.07, 6.45) is 2.64. The van der Waals surface area contributed by atoms with E-state index < -0.39 is 0 Å².